The number of benzene rings is 10. The molecule has 0 saturated heterocycles. The normalized spacial score (nSPS) is 13.4. The van der Waals surface area contributed by atoms with E-state index in [2.05, 4.69) is 71.6 Å². The predicted octanol–water partition coefficient (Wildman–Crippen LogP) is 16.3. The van der Waals surface area contributed by atoms with Crippen molar-refractivity contribution in [2.75, 3.05) is 0 Å². The molecule has 10 aromatic carbocycles. The monoisotopic (exact) mass is 918 g/mol. The second-order valence-corrected chi connectivity index (χ2v) is 17.0. The van der Waals surface area contributed by atoms with Gasteiger partial charge >= 0.3 is 0 Å². The molecule has 0 bridgehead atoms. The van der Waals surface area contributed by atoms with Gasteiger partial charge in [0.1, 0.15) is 17.3 Å². The van der Waals surface area contributed by atoms with E-state index in [9.17, 15) is 5.48 Å². The van der Waals surface area contributed by atoms with E-state index in [0.717, 1.165) is 61.0 Å². The molecule has 71 heavy (non-hydrogen) atoms. The van der Waals surface area contributed by atoms with E-state index in [0.29, 0.717) is 28.2 Å². The molecule has 0 N–H and O–H groups in total. The smallest absolute Gasteiger partial charge is 0.269 e. The Morgan fingerprint density at radius 1 is 0.423 bits per heavy atom. The van der Waals surface area contributed by atoms with Gasteiger partial charge in [0.05, 0.1) is 47.1 Å². The van der Waals surface area contributed by atoms with Gasteiger partial charge in [0.2, 0.25) is 0 Å². The fraction of sp³-hybridized carbons (Fsp3) is 0. The minimum absolute atomic E-state index is 0.142. The van der Waals surface area contributed by atoms with Crippen LogP contribution in [0.2, 0.25) is 0 Å². The molecule has 0 spiro atoms. The van der Waals surface area contributed by atoms with Gasteiger partial charge in [0.25, 0.3) is 6.33 Å². The largest absolute Gasteiger partial charge is 0.458 e. The molecular weight excluding hydrogens is 865 g/mol. The Morgan fingerprint density at radius 3 is 1.66 bits per heavy atom. The number of para-hydroxylation sites is 4. The summed E-state index contributed by atoms with van der Waals surface area (Å²) in [5.41, 5.74) is 9.50. The van der Waals surface area contributed by atoms with Crippen LogP contribution in [0.3, 0.4) is 0 Å². The summed E-state index contributed by atoms with van der Waals surface area (Å²) in [7, 11) is 0. The van der Waals surface area contributed by atoms with E-state index in [-0.39, 0.29) is 27.9 Å². The highest BCUT2D eigenvalue weighted by Gasteiger charge is 2.21. The molecule has 3 aromatic heterocycles. The van der Waals surface area contributed by atoms with Crippen molar-refractivity contribution in [3.8, 4) is 84.3 Å². The zero-order chi connectivity index (χ0) is 55.8. The summed E-state index contributed by atoms with van der Waals surface area (Å²) in [5, 5.41) is 2.08. The highest BCUT2D eigenvalue weighted by Crippen LogP contribution is 2.40. The van der Waals surface area contributed by atoms with Crippen LogP contribution in [0.25, 0.3) is 106 Å². The van der Waals surface area contributed by atoms with Crippen molar-refractivity contribution < 1.29 is 23.0 Å². The minimum atomic E-state index is -0.577. The van der Waals surface area contributed by atoms with Crippen molar-refractivity contribution in [2.24, 2.45) is 0 Å². The molecule has 0 aliphatic heterocycles. The zero-order valence-electron chi connectivity index (χ0n) is 47.8. The molecule has 0 amide bonds. The van der Waals surface area contributed by atoms with Gasteiger partial charge in [-0.2, -0.15) is 0 Å². The van der Waals surface area contributed by atoms with Gasteiger partial charge in [-0.05, 0) is 122 Å². The van der Waals surface area contributed by atoms with Crippen molar-refractivity contribution >= 4 is 32.8 Å². The summed E-state index contributed by atoms with van der Waals surface area (Å²) in [6, 6.07) is 59.8. The third-order valence-corrected chi connectivity index (χ3v) is 12.8. The van der Waals surface area contributed by atoms with Crippen molar-refractivity contribution in [3.63, 3.8) is 0 Å². The molecule has 3 heterocycles. The lowest BCUT2D eigenvalue weighted by Crippen LogP contribution is -2.31. The minimum Gasteiger partial charge on any atom is -0.458 e. The molecule has 5 nitrogen and oxygen atoms in total. The summed E-state index contributed by atoms with van der Waals surface area (Å²) in [6.07, 6.45) is 5.35. The molecule has 0 radical (unpaired) electrons. The number of fused-ring (bicyclic) bond motifs is 4. The van der Waals surface area contributed by atoms with Crippen LogP contribution in [0.5, 0.6) is 11.5 Å². The van der Waals surface area contributed by atoms with Crippen molar-refractivity contribution in [3.05, 3.63) is 273 Å². The maximum absolute atomic E-state index is 9.21. The third kappa shape index (κ3) is 7.72. The Morgan fingerprint density at radius 2 is 1.00 bits per heavy atom. The first kappa shape index (κ1) is 32.2. The zero-order valence-corrected chi connectivity index (χ0v) is 37.8. The lowest BCUT2D eigenvalue weighted by atomic mass is 9.93. The van der Waals surface area contributed by atoms with Crippen LogP contribution in [-0.2, 0) is 0 Å². The quantitative estimate of drug-likeness (QED) is 0.101. The van der Waals surface area contributed by atoms with Crippen LogP contribution in [0.4, 0.5) is 0 Å². The van der Waals surface area contributed by atoms with Crippen LogP contribution >= 0.6 is 0 Å². The SMILES string of the molecule is [2H]c1c([2H])c([2H])c(-c2cccc(-c3c([2H])c([2H])c([2H])c([2H])c3[2H])c2-[n+]2[c-]n(-c3cc(Oc4ccc5c6ccccc6n(-c6ccccn6)c5c4)cc(-c4cc(-c5ccccc5)cc(-c5ccccc5)c4)c3)c3ccccc32)c([2H])c1[2H]. The lowest BCUT2D eigenvalue weighted by Gasteiger charge is -2.17. The Balaban J connectivity index is 1.08. The van der Waals surface area contributed by atoms with Gasteiger partial charge < -0.3 is 4.74 Å². The van der Waals surface area contributed by atoms with Crippen LogP contribution in [0, 0.1) is 6.33 Å². The highest BCUT2D eigenvalue weighted by atomic mass is 16.5. The van der Waals surface area contributed by atoms with Gasteiger partial charge in [0, 0.05) is 23.0 Å². The number of pyridine rings is 1. The molecule has 13 rings (SSSR count). The van der Waals surface area contributed by atoms with Crippen molar-refractivity contribution in [1.29, 1.82) is 0 Å². The first-order chi connectivity index (χ1) is 39.3. The van der Waals surface area contributed by atoms with Crippen LogP contribution < -0.4 is 9.30 Å². The van der Waals surface area contributed by atoms with Crippen molar-refractivity contribution in [1.82, 2.24) is 14.1 Å². The number of imidazole rings is 1. The Bertz CT molecular complexity index is 4480. The van der Waals surface area contributed by atoms with Crippen LogP contribution in [-0.4, -0.2) is 14.1 Å². The molecule has 0 fully saturated rings. The molecule has 0 aliphatic rings. The molecule has 334 valence electrons. The standard InChI is InChI=1S/C66H44N4O/c1-5-20-46(21-6-1)50-38-51(47-22-7-2-8-23-47)40-52(39-50)53-41-54(43-56(42-53)71-55-35-36-60-59-28-13-14-31-61(59)70(64(60)44-55)65-34-17-18-37-67-65)68-45-69(63-33-16-15-32-62(63)68)66-57(48-24-9-3-10-25-48)29-19-30-58(66)49-26-11-4-12-27-49/h1-44H/i3D,4D,9D,10D,11D,12D,24D,25D,26D,27D. The number of ether oxygens (including phenoxy) is 1. The molecule has 5 heteroatoms. The molecule has 0 unspecified atom stereocenters. The van der Waals surface area contributed by atoms with E-state index in [1.165, 1.54) is 0 Å². The van der Waals surface area contributed by atoms with Gasteiger partial charge in [-0.15, -0.1) is 0 Å². The molecule has 0 aliphatic carbocycles. The summed E-state index contributed by atoms with van der Waals surface area (Å²) >= 11 is 0. The molecular formula is C66H44N4O. The Labute approximate surface area is 426 Å². The second kappa shape index (κ2) is 17.8. The fourth-order valence-corrected chi connectivity index (χ4v) is 9.58. The number of aromatic nitrogens is 4. The maximum Gasteiger partial charge on any atom is 0.269 e. The van der Waals surface area contributed by atoms with E-state index in [1.807, 2.05) is 126 Å². The van der Waals surface area contributed by atoms with Gasteiger partial charge in [-0.3, -0.25) is 13.7 Å². The van der Waals surface area contributed by atoms with E-state index in [1.54, 1.807) is 29.0 Å². The summed E-state index contributed by atoms with van der Waals surface area (Å²) in [6.45, 7) is 0. The Kier molecular flexibility index (Phi) is 8.09. The van der Waals surface area contributed by atoms with E-state index < -0.39 is 60.4 Å². The first-order valence-electron chi connectivity index (χ1n) is 28.1. The number of hydrogen-bond acceptors (Lipinski definition) is 2. The fourth-order valence-electron chi connectivity index (χ4n) is 9.58. The first-order valence-corrected chi connectivity index (χ1v) is 23.1. The molecule has 0 atom stereocenters. The number of rotatable bonds is 10. The number of nitrogens with zero attached hydrogens (tertiary/aromatic N) is 4. The highest BCUT2D eigenvalue weighted by molar-refractivity contribution is 6.09. The van der Waals surface area contributed by atoms with Crippen LogP contribution in [0.1, 0.15) is 13.7 Å². The predicted molar refractivity (Wildman–Crippen MR) is 289 cm³/mol. The summed E-state index contributed by atoms with van der Waals surface area (Å²) in [4.78, 5) is 4.74. The van der Waals surface area contributed by atoms with Gasteiger partial charge in [0.15, 0.2) is 0 Å². The van der Waals surface area contributed by atoms with Crippen LogP contribution in [0.15, 0.2) is 267 Å². The third-order valence-electron chi connectivity index (χ3n) is 12.8. The molecule has 13 aromatic rings. The summed E-state index contributed by atoms with van der Waals surface area (Å²) in [5.74, 6) is 1.79. The summed E-state index contributed by atoms with van der Waals surface area (Å²) < 4.78 is 101. The van der Waals surface area contributed by atoms with Gasteiger partial charge in [-0.1, -0.05) is 188 Å². The Hall–Kier alpha value is -9.58. The topological polar surface area (TPSA) is 35.9 Å². The van der Waals surface area contributed by atoms with Crippen molar-refractivity contribution in [2.45, 2.75) is 0 Å². The average Bonchev–Trinajstić information content (AvgIpc) is 4.31. The van der Waals surface area contributed by atoms with E-state index >= 15 is 0 Å². The average molecular weight is 919 g/mol. The van der Waals surface area contributed by atoms with E-state index in [4.69, 9.17) is 17.9 Å². The maximum atomic E-state index is 9.21. The molecule has 0 saturated carbocycles. The lowest BCUT2D eigenvalue weighted by molar-refractivity contribution is -0.571. The second-order valence-electron chi connectivity index (χ2n) is 17.0. The van der Waals surface area contributed by atoms with Gasteiger partial charge in [-0.25, -0.2) is 4.98 Å². The number of hydrogen-bond donors (Lipinski definition) is 0.